The van der Waals surface area contributed by atoms with Gasteiger partial charge in [0.05, 0.1) is 23.4 Å². The Bertz CT molecular complexity index is 958. The van der Waals surface area contributed by atoms with Gasteiger partial charge >= 0.3 is 0 Å². The molecule has 8 heteroatoms. The van der Waals surface area contributed by atoms with E-state index in [1.165, 1.54) is 42.1 Å². The normalized spacial score (nSPS) is 17.0. The van der Waals surface area contributed by atoms with E-state index in [-0.39, 0.29) is 29.4 Å². The van der Waals surface area contributed by atoms with Gasteiger partial charge in [-0.25, -0.2) is 4.39 Å². The van der Waals surface area contributed by atoms with Crippen LogP contribution in [0.1, 0.15) is 54.2 Å². The predicted molar refractivity (Wildman–Crippen MR) is 123 cm³/mol. The summed E-state index contributed by atoms with van der Waals surface area (Å²) in [5.41, 5.74) is 0.621. The molecule has 174 valence electrons. The highest BCUT2D eigenvalue weighted by molar-refractivity contribution is 6.14. The summed E-state index contributed by atoms with van der Waals surface area (Å²) in [7, 11) is 3.57. The second-order valence-electron chi connectivity index (χ2n) is 8.76. The number of carbonyl (C=O) groups excluding carboxylic acids is 2. The van der Waals surface area contributed by atoms with Gasteiger partial charge in [-0.3, -0.25) is 19.2 Å². The first-order chi connectivity index (χ1) is 15.3. The van der Waals surface area contributed by atoms with Crippen LogP contribution in [0.2, 0.25) is 0 Å². The van der Waals surface area contributed by atoms with E-state index in [2.05, 4.69) is 22.2 Å². The van der Waals surface area contributed by atoms with Crippen molar-refractivity contribution in [3.63, 3.8) is 0 Å². The quantitative estimate of drug-likeness (QED) is 0.603. The monoisotopic (exact) mass is 443 g/mol. The van der Waals surface area contributed by atoms with Gasteiger partial charge in [-0.2, -0.15) is 5.10 Å². The van der Waals surface area contributed by atoms with Crippen LogP contribution in [0.4, 0.5) is 10.2 Å². The molecule has 1 unspecified atom stereocenters. The highest BCUT2D eigenvalue weighted by Crippen LogP contribution is 2.24. The van der Waals surface area contributed by atoms with E-state index in [1.807, 2.05) is 11.9 Å². The molecule has 1 aromatic heterocycles. The number of likely N-dealkylation sites (N-methyl/N-ethyl adjacent to an activating group) is 1. The molecule has 2 heterocycles. The molecule has 32 heavy (non-hydrogen) atoms. The number of nitrogens with zero attached hydrogens (tertiary/aromatic N) is 4. The van der Waals surface area contributed by atoms with Crippen LogP contribution in [-0.4, -0.2) is 70.5 Å². The Labute approximate surface area is 189 Å². The number of hydrogen-bond donors (Lipinski definition) is 1. The molecule has 1 N–H and O–H groups in total. The molecule has 1 aromatic carbocycles. The van der Waals surface area contributed by atoms with Crippen molar-refractivity contribution in [2.24, 2.45) is 7.05 Å². The van der Waals surface area contributed by atoms with Crippen molar-refractivity contribution in [3.05, 3.63) is 46.9 Å². The number of likely N-dealkylation sites (tertiary alicyclic amines) is 1. The van der Waals surface area contributed by atoms with Gasteiger partial charge in [0, 0.05) is 13.1 Å². The summed E-state index contributed by atoms with van der Waals surface area (Å²) in [5, 5.41) is 7.08. The second kappa shape index (κ2) is 10.8. The van der Waals surface area contributed by atoms with Gasteiger partial charge in [-0.15, -0.1) is 0 Å². The van der Waals surface area contributed by atoms with Crippen LogP contribution in [0, 0.1) is 12.7 Å². The van der Waals surface area contributed by atoms with Crippen molar-refractivity contribution in [2.75, 3.05) is 38.5 Å². The number of amides is 1. The van der Waals surface area contributed by atoms with Crippen molar-refractivity contribution in [1.82, 2.24) is 19.6 Å². The first kappa shape index (κ1) is 24.1. The lowest BCUT2D eigenvalue weighted by Gasteiger charge is -2.33. The van der Waals surface area contributed by atoms with E-state index < -0.39 is 11.6 Å². The number of piperidine rings is 1. The number of rotatable bonds is 9. The SMILES string of the molecule is Cc1nn(C)c(NC(=O)CN(C)CCCN2CCCCC2C)c1C(=O)c1ccccc1F. The van der Waals surface area contributed by atoms with E-state index in [9.17, 15) is 14.0 Å². The third-order valence-corrected chi connectivity index (χ3v) is 6.16. The van der Waals surface area contributed by atoms with Crippen molar-refractivity contribution in [2.45, 2.75) is 45.6 Å². The van der Waals surface area contributed by atoms with Crippen molar-refractivity contribution in [3.8, 4) is 0 Å². The smallest absolute Gasteiger partial charge is 0.239 e. The molecule has 2 aromatic rings. The number of benzene rings is 1. The van der Waals surface area contributed by atoms with Crippen LogP contribution in [-0.2, 0) is 11.8 Å². The lowest BCUT2D eigenvalue weighted by Crippen LogP contribution is -2.39. The van der Waals surface area contributed by atoms with Crippen LogP contribution in [0.15, 0.2) is 24.3 Å². The van der Waals surface area contributed by atoms with E-state index in [0.29, 0.717) is 11.7 Å². The molecule has 3 rings (SSSR count). The van der Waals surface area contributed by atoms with Gasteiger partial charge in [0.1, 0.15) is 11.6 Å². The highest BCUT2D eigenvalue weighted by Gasteiger charge is 2.25. The van der Waals surface area contributed by atoms with E-state index in [1.54, 1.807) is 20.0 Å². The molecule has 1 amide bonds. The fourth-order valence-corrected chi connectivity index (χ4v) is 4.38. The third-order valence-electron chi connectivity index (χ3n) is 6.16. The summed E-state index contributed by atoms with van der Waals surface area (Å²) in [6.45, 7) is 7.17. The molecule has 0 aliphatic carbocycles. The van der Waals surface area contributed by atoms with Crippen LogP contribution >= 0.6 is 0 Å². The number of aromatic nitrogens is 2. The molecule has 0 saturated carbocycles. The molecule has 1 aliphatic rings. The summed E-state index contributed by atoms with van der Waals surface area (Å²) < 4.78 is 15.6. The predicted octanol–water partition coefficient (Wildman–Crippen LogP) is 3.23. The number of anilines is 1. The maximum Gasteiger partial charge on any atom is 0.239 e. The fourth-order valence-electron chi connectivity index (χ4n) is 4.38. The second-order valence-corrected chi connectivity index (χ2v) is 8.76. The first-order valence-electron chi connectivity index (χ1n) is 11.3. The van der Waals surface area contributed by atoms with Crippen LogP contribution < -0.4 is 5.32 Å². The Morgan fingerprint density at radius 3 is 2.75 bits per heavy atom. The maximum atomic E-state index is 14.2. The average molecular weight is 444 g/mol. The van der Waals surface area contributed by atoms with Crippen LogP contribution in [0.5, 0.6) is 0 Å². The van der Waals surface area contributed by atoms with Gasteiger partial charge < -0.3 is 10.2 Å². The zero-order valence-electron chi connectivity index (χ0n) is 19.5. The molecule has 0 spiro atoms. The Kier molecular flexibility index (Phi) is 8.15. The maximum absolute atomic E-state index is 14.2. The molecule has 1 aliphatic heterocycles. The first-order valence-corrected chi connectivity index (χ1v) is 11.3. The van der Waals surface area contributed by atoms with Gasteiger partial charge in [0.25, 0.3) is 0 Å². The fraction of sp³-hybridized carbons (Fsp3) is 0.542. The third kappa shape index (κ3) is 5.81. The lowest BCUT2D eigenvalue weighted by atomic mass is 10.0. The number of ketones is 1. The highest BCUT2D eigenvalue weighted by atomic mass is 19.1. The number of halogens is 1. The average Bonchev–Trinajstić information content (AvgIpc) is 3.02. The largest absolute Gasteiger partial charge is 0.309 e. The number of hydrogen-bond acceptors (Lipinski definition) is 5. The van der Waals surface area contributed by atoms with Gasteiger partial charge in [0.2, 0.25) is 11.7 Å². The standard InChI is InChI=1S/C24H34FN5O2/c1-17-10-7-8-14-30(17)15-9-13-28(3)16-21(31)26-24-22(18(2)27-29(24)4)23(32)19-11-5-6-12-20(19)25/h5-6,11-12,17H,7-10,13-16H2,1-4H3,(H,26,31). The summed E-state index contributed by atoms with van der Waals surface area (Å²) in [5.74, 6) is -1.03. The Morgan fingerprint density at radius 2 is 2.03 bits per heavy atom. The van der Waals surface area contributed by atoms with Crippen molar-refractivity contribution in [1.29, 1.82) is 0 Å². The summed E-state index contributed by atoms with van der Waals surface area (Å²) in [6, 6.07) is 6.46. The molecular weight excluding hydrogens is 409 g/mol. The minimum Gasteiger partial charge on any atom is -0.309 e. The van der Waals surface area contributed by atoms with E-state index in [4.69, 9.17) is 0 Å². The summed E-state index contributed by atoms with van der Waals surface area (Å²) in [4.78, 5) is 30.2. The van der Waals surface area contributed by atoms with Crippen molar-refractivity contribution >= 4 is 17.5 Å². The molecular formula is C24H34FN5O2. The van der Waals surface area contributed by atoms with E-state index >= 15 is 0 Å². The molecule has 0 bridgehead atoms. The summed E-state index contributed by atoms with van der Waals surface area (Å²) >= 11 is 0. The number of carbonyl (C=O) groups is 2. The Balaban J connectivity index is 1.59. The molecule has 7 nitrogen and oxygen atoms in total. The summed E-state index contributed by atoms with van der Waals surface area (Å²) in [6.07, 6.45) is 4.83. The Morgan fingerprint density at radius 1 is 1.28 bits per heavy atom. The zero-order valence-corrected chi connectivity index (χ0v) is 19.5. The number of nitrogens with one attached hydrogen (secondary N) is 1. The van der Waals surface area contributed by atoms with E-state index in [0.717, 1.165) is 26.1 Å². The topological polar surface area (TPSA) is 70.5 Å². The van der Waals surface area contributed by atoms with Crippen LogP contribution in [0.25, 0.3) is 0 Å². The lowest BCUT2D eigenvalue weighted by molar-refractivity contribution is -0.117. The zero-order chi connectivity index (χ0) is 23.3. The molecule has 0 radical (unpaired) electrons. The molecule has 1 saturated heterocycles. The van der Waals surface area contributed by atoms with Crippen molar-refractivity contribution < 1.29 is 14.0 Å². The molecule has 1 atom stereocenters. The van der Waals surface area contributed by atoms with Crippen LogP contribution in [0.3, 0.4) is 0 Å². The van der Waals surface area contributed by atoms with Gasteiger partial charge in [-0.05, 0) is 71.9 Å². The Hall–Kier alpha value is -2.58. The minimum atomic E-state index is -0.596. The van der Waals surface area contributed by atoms with Gasteiger partial charge in [0.15, 0.2) is 0 Å². The minimum absolute atomic E-state index is 0.0387. The van der Waals surface area contributed by atoms with Gasteiger partial charge in [-0.1, -0.05) is 18.6 Å². The molecule has 1 fully saturated rings. The number of aryl methyl sites for hydroxylation is 2.